The molecule has 1 heterocycles. The molecule has 1 aromatic heterocycles. The van der Waals surface area contributed by atoms with E-state index >= 15 is 0 Å². The van der Waals surface area contributed by atoms with Crippen molar-refractivity contribution < 1.29 is 14.3 Å². The number of ether oxygens (including phenoxy) is 1. The van der Waals surface area contributed by atoms with Crippen LogP contribution in [0, 0.1) is 6.92 Å². The highest BCUT2D eigenvalue weighted by atomic mass is 16.5. The van der Waals surface area contributed by atoms with Gasteiger partial charge in [0.05, 0.1) is 17.9 Å². The molecule has 6 heteroatoms. The van der Waals surface area contributed by atoms with Crippen molar-refractivity contribution in [3.8, 4) is 0 Å². The molecule has 0 spiro atoms. The van der Waals surface area contributed by atoms with Gasteiger partial charge in [-0.25, -0.2) is 9.78 Å². The first kappa shape index (κ1) is 20.1. The van der Waals surface area contributed by atoms with Crippen LogP contribution in [-0.4, -0.2) is 23.5 Å². The van der Waals surface area contributed by atoms with Gasteiger partial charge in [0.25, 0.3) is 5.91 Å². The maximum Gasteiger partial charge on any atom is 0.340 e. The number of nitrogens with zero attached hydrogens (tertiary/aromatic N) is 1. The van der Waals surface area contributed by atoms with Crippen molar-refractivity contribution in [3.63, 3.8) is 0 Å². The van der Waals surface area contributed by atoms with Crippen molar-refractivity contribution in [3.05, 3.63) is 89.1 Å². The topological polar surface area (TPSA) is 80.3 Å². The number of benzene rings is 2. The summed E-state index contributed by atoms with van der Waals surface area (Å²) in [5.41, 5.74) is 3.47. The zero-order chi connectivity index (χ0) is 20.6. The van der Waals surface area contributed by atoms with Crippen LogP contribution < -0.4 is 10.6 Å². The van der Waals surface area contributed by atoms with Crippen molar-refractivity contribution in [2.45, 2.75) is 20.4 Å². The monoisotopic (exact) mass is 389 g/mol. The van der Waals surface area contributed by atoms with Gasteiger partial charge in [-0.05, 0) is 43.7 Å². The van der Waals surface area contributed by atoms with Crippen LogP contribution in [-0.2, 0) is 11.3 Å². The van der Waals surface area contributed by atoms with E-state index in [4.69, 9.17) is 4.74 Å². The third-order valence-corrected chi connectivity index (χ3v) is 4.25. The third kappa shape index (κ3) is 5.42. The van der Waals surface area contributed by atoms with E-state index < -0.39 is 5.97 Å². The second kappa shape index (κ2) is 9.50. The Morgan fingerprint density at radius 2 is 1.86 bits per heavy atom. The van der Waals surface area contributed by atoms with Gasteiger partial charge in [0.15, 0.2) is 0 Å². The summed E-state index contributed by atoms with van der Waals surface area (Å²) in [7, 11) is 0. The number of esters is 1. The lowest BCUT2D eigenvalue weighted by molar-refractivity contribution is 0.0527. The molecule has 29 heavy (non-hydrogen) atoms. The van der Waals surface area contributed by atoms with Gasteiger partial charge in [0.1, 0.15) is 5.82 Å². The summed E-state index contributed by atoms with van der Waals surface area (Å²) in [4.78, 5) is 29.1. The molecule has 0 unspecified atom stereocenters. The van der Waals surface area contributed by atoms with Gasteiger partial charge >= 0.3 is 5.97 Å². The number of rotatable bonds is 7. The van der Waals surface area contributed by atoms with Gasteiger partial charge in [-0.3, -0.25) is 4.79 Å². The second-order valence-electron chi connectivity index (χ2n) is 6.49. The van der Waals surface area contributed by atoms with Crippen molar-refractivity contribution in [1.29, 1.82) is 0 Å². The van der Waals surface area contributed by atoms with E-state index in [1.165, 1.54) is 5.56 Å². The molecule has 0 aliphatic rings. The standard InChI is InChI=1S/C23H23N3O3/c1-3-29-23(28)19-9-4-5-10-20(19)26-22(27)18-11-12-24-21(14-18)25-15-17-8-6-7-16(2)13-17/h4-14H,3,15H2,1-2H3,(H,24,25)(H,26,27). The zero-order valence-electron chi connectivity index (χ0n) is 16.4. The van der Waals surface area contributed by atoms with Crippen molar-refractivity contribution in [2.75, 3.05) is 17.2 Å². The molecule has 0 atom stereocenters. The molecule has 0 aliphatic heterocycles. The highest BCUT2D eigenvalue weighted by Crippen LogP contribution is 2.18. The maximum atomic E-state index is 12.7. The number of aromatic nitrogens is 1. The maximum absolute atomic E-state index is 12.7. The van der Waals surface area contributed by atoms with Crippen molar-refractivity contribution in [1.82, 2.24) is 4.98 Å². The summed E-state index contributed by atoms with van der Waals surface area (Å²) in [5.74, 6) is -0.209. The molecule has 0 bridgehead atoms. The van der Waals surface area contributed by atoms with Crippen LogP contribution in [0.4, 0.5) is 11.5 Å². The fourth-order valence-electron chi connectivity index (χ4n) is 2.86. The fraction of sp³-hybridized carbons (Fsp3) is 0.174. The normalized spacial score (nSPS) is 10.3. The minimum Gasteiger partial charge on any atom is -0.462 e. The average Bonchev–Trinajstić information content (AvgIpc) is 2.73. The van der Waals surface area contributed by atoms with Crippen LogP contribution in [0.5, 0.6) is 0 Å². The number of carbonyl (C=O) groups excluding carboxylic acids is 2. The summed E-state index contributed by atoms with van der Waals surface area (Å²) >= 11 is 0. The Morgan fingerprint density at radius 1 is 1.03 bits per heavy atom. The van der Waals surface area contributed by atoms with E-state index in [1.807, 2.05) is 25.1 Å². The Morgan fingerprint density at radius 3 is 2.66 bits per heavy atom. The zero-order valence-corrected chi connectivity index (χ0v) is 16.4. The van der Waals surface area contributed by atoms with E-state index in [-0.39, 0.29) is 12.5 Å². The third-order valence-electron chi connectivity index (χ3n) is 4.25. The Balaban J connectivity index is 1.71. The number of hydrogen-bond acceptors (Lipinski definition) is 5. The molecule has 0 saturated carbocycles. The van der Waals surface area contributed by atoms with E-state index in [1.54, 1.807) is 49.5 Å². The highest BCUT2D eigenvalue weighted by molar-refractivity contribution is 6.08. The first-order valence-corrected chi connectivity index (χ1v) is 9.40. The molecule has 0 fully saturated rings. The summed E-state index contributed by atoms with van der Waals surface area (Å²) in [6, 6.07) is 18.2. The van der Waals surface area contributed by atoms with Crippen LogP contribution in [0.1, 0.15) is 38.8 Å². The number of amides is 1. The Kier molecular flexibility index (Phi) is 6.58. The van der Waals surface area contributed by atoms with Crippen LogP contribution >= 0.6 is 0 Å². The largest absolute Gasteiger partial charge is 0.462 e. The van der Waals surface area contributed by atoms with Crippen molar-refractivity contribution >= 4 is 23.4 Å². The minimum absolute atomic E-state index is 0.265. The van der Waals surface area contributed by atoms with Crippen molar-refractivity contribution in [2.24, 2.45) is 0 Å². The highest BCUT2D eigenvalue weighted by Gasteiger charge is 2.15. The summed E-state index contributed by atoms with van der Waals surface area (Å²) in [6.45, 7) is 4.65. The number of carbonyl (C=O) groups is 2. The van der Waals surface area contributed by atoms with E-state index in [0.717, 1.165) is 5.56 Å². The van der Waals surface area contributed by atoms with E-state index in [0.29, 0.717) is 29.2 Å². The minimum atomic E-state index is -0.473. The Bertz CT molecular complexity index is 1020. The predicted octanol–water partition coefficient (Wildman–Crippen LogP) is 4.43. The van der Waals surface area contributed by atoms with Crippen LogP contribution in [0.25, 0.3) is 0 Å². The smallest absolute Gasteiger partial charge is 0.340 e. The number of anilines is 2. The molecule has 2 aromatic carbocycles. The number of pyridine rings is 1. The quantitative estimate of drug-likeness (QED) is 0.584. The summed E-state index contributed by atoms with van der Waals surface area (Å²) < 4.78 is 5.05. The lowest BCUT2D eigenvalue weighted by Gasteiger charge is -2.11. The molecule has 0 radical (unpaired) electrons. The van der Waals surface area contributed by atoms with Gasteiger partial charge < -0.3 is 15.4 Å². The molecule has 3 rings (SSSR count). The predicted molar refractivity (Wildman–Crippen MR) is 113 cm³/mol. The van der Waals surface area contributed by atoms with Crippen LogP contribution in [0.2, 0.25) is 0 Å². The van der Waals surface area contributed by atoms with Gasteiger partial charge in [0, 0.05) is 18.3 Å². The molecule has 0 aliphatic carbocycles. The number of aryl methyl sites for hydroxylation is 1. The number of hydrogen-bond donors (Lipinski definition) is 2. The molecular formula is C23H23N3O3. The first-order chi connectivity index (χ1) is 14.1. The first-order valence-electron chi connectivity index (χ1n) is 9.40. The van der Waals surface area contributed by atoms with Gasteiger partial charge in [0.2, 0.25) is 0 Å². The SMILES string of the molecule is CCOC(=O)c1ccccc1NC(=O)c1ccnc(NCc2cccc(C)c2)c1. The van der Waals surface area contributed by atoms with E-state index in [2.05, 4.69) is 21.7 Å². The average molecular weight is 389 g/mol. The molecular weight excluding hydrogens is 366 g/mol. The lowest BCUT2D eigenvalue weighted by atomic mass is 10.1. The van der Waals surface area contributed by atoms with Gasteiger partial charge in [-0.15, -0.1) is 0 Å². The summed E-state index contributed by atoms with van der Waals surface area (Å²) in [5, 5.41) is 6.01. The second-order valence-corrected chi connectivity index (χ2v) is 6.49. The fourth-order valence-corrected chi connectivity index (χ4v) is 2.86. The summed E-state index contributed by atoms with van der Waals surface area (Å²) in [6.07, 6.45) is 1.57. The van der Waals surface area contributed by atoms with E-state index in [9.17, 15) is 9.59 Å². The Hall–Kier alpha value is -3.67. The lowest BCUT2D eigenvalue weighted by Crippen LogP contribution is -2.16. The van der Waals surface area contributed by atoms with Crippen LogP contribution in [0.3, 0.4) is 0 Å². The molecule has 148 valence electrons. The molecule has 0 saturated heterocycles. The number of nitrogens with one attached hydrogen (secondary N) is 2. The Labute approximate surface area is 169 Å². The molecule has 6 nitrogen and oxygen atoms in total. The van der Waals surface area contributed by atoms with Gasteiger partial charge in [-0.1, -0.05) is 42.0 Å². The van der Waals surface area contributed by atoms with Gasteiger partial charge in [-0.2, -0.15) is 0 Å². The number of para-hydroxylation sites is 1. The molecule has 3 aromatic rings. The van der Waals surface area contributed by atoms with Crippen LogP contribution in [0.15, 0.2) is 66.9 Å². The molecule has 1 amide bonds. The molecule has 2 N–H and O–H groups in total.